The van der Waals surface area contributed by atoms with Crippen LogP contribution in [0.4, 0.5) is 0 Å². The molecule has 0 aromatic heterocycles. The molecule has 0 saturated heterocycles. The lowest BCUT2D eigenvalue weighted by Crippen LogP contribution is -2.31. The minimum atomic E-state index is -0.0788. The standard InChI is InChI=1S/C16H21NO2/c17-14-7-4-12(5-8-14)16(18)19-15-9-6-11-2-1-3-13(11)10-15/h6,9-10,12,14H,1-5,7-8,17H2. The van der Waals surface area contributed by atoms with E-state index in [2.05, 4.69) is 6.07 Å². The third kappa shape index (κ3) is 2.81. The first-order valence-corrected chi connectivity index (χ1v) is 7.31. The number of fused-ring (bicyclic) bond motifs is 1. The van der Waals surface area contributed by atoms with E-state index in [1.165, 1.54) is 17.5 Å². The monoisotopic (exact) mass is 259 g/mol. The summed E-state index contributed by atoms with van der Waals surface area (Å²) in [7, 11) is 0. The average molecular weight is 259 g/mol. The van der Waals surface area contributed by atoms with Crippen molar-refractivity contribution >= 4 is 5.97 Å². The molecule has 0 spiro atoms. The second kappa shape index (κ2) is 5.33. The van der Waals surface area contributed by atoms with Gasteiger partial charge in [-0.15, -0.1) is 0 Å². The molecular weight excluding hydrogens is 238 g/mol. The predicted octanol–water partition coefficient (Wildman–Crippen LogP) is 2.60. The molecule has 1 aromatic rings. The van der Waals surface area contributed by atoms with Crippen LogP contribution in [0.1, 0.15) is 43.2 Å². The molecule has 3 heteroatoms. The predicted molar refractivity (Wildman–Crippen MR) is 74.0 cm³/mol. The van der Waals surface area contributed by atoms with E-state index >= 15 is 0 Å². The van der Waals surface area contributed by atoms with Crippen molar-refractivity contribution < 1.29 is 9.53 Å². The minimum absolute atomic E-state index is 0.0352. The van der Waals surface area contributed by atoms with Crippen LogP contribution in [0, 0.1) is 5.92 Å². The zero-order valence-electron chi connectivity index (χ0n) is 11.2. The largest absolute Gasteiger partial charge is 0.426 e. The second-order valence-electron chi connectivity index (χ2n) is 5.82. The Morgan fingerprint density at radius 2 is 1.84 bits per heavy atom. The Kier molecular flexibility index (Phi) is 3.56. The van der Waals surface area contributed by atoms with Crippen LogP contribution in [0.15, 0.2) is 18.2 Å². The molecular formula is C16H21NO2. The molecule has 2 aliphatic carbocycles. The minimum Gasteiger partial charge on any atom is -0.426 e. The van der Waals surface area contributed by atoms with Gasteiger partial charge in [-0.3, -0.25) is 4.79 Å². The summed E-state index contributed by atoms with van der Waals surface area (Å²) in [5.74, 6) is 0.665. The molecule has 0 aliphatic heterocycles. The number of esters is 1. The van der Waals surface area contributed by atoms with Crippen LogP contribution < -0.4 is 10.5 Å². The Balaban J connectivity index is 1.63. The normalized spacial score (nSPS) is 25.9. The number of carbonyl (C=O) groups excluding carboxylic acids is 1. The van der Waals surface area contributed by atoms with Crippen molar-refractivity contribution in [1.29, 1.82) is 0 Å². The molecule has 1 saturated carbocycles. The maximum atomic E-state index is 12.1. The fourth-order valence-electron chi connectivity index (χ4n) is 3.17. The van der Waals surface area contributed by atoms with Gasteiger partial charge in [0.05, 0.1) is 5.92 Å². The second-order valence-corrected chi connectivity index (χ2v) is 5.82. The number of hydrogen-bond donors (Lipinski definition) is 1. The Morgan fingerprint density at radius 3 is 2.63 bits per heavy atom. The first kappa shape index (κ1) is 12.7. The van der Waals surface area contributed by atoms with E-state index in [-0.39, 0.29) is 17.9 Å². The molecule has 1 fully saturated rings. The molecule has 3 nitrogen and oxygen atoms in total. The van der Waals surface area contributed by atoms with Crippen molar-refractivity contribution in [1.82, 2.24) is 0 Å². The van der Waals surface area contributed by atoms with Crippen LogP contribution in [0.25, 0.3) is 0 Å². The van der Waals surface area contributed by atoms with Crippen molar-refractivity contribution in [3.63, 3.8) is 0 Å². The lowest BCUT2D eigenvalue weighted by molar-refractivity contribution is -0.140. The van der Waals surface area contributed by atoms with Crippen molar-refractivity contribution in [3.05, 3.63) is 29.3 Å². The van der Waals surface area contributed by atoms with E-state index in [0.717, 1.165) is 38.5 Å². The topological polar surface area (TPSA) is 52.3 Å². The van der Waals surface area contributed by atoms with Gasteiger partial charge in [-0.25, -0.2) is 0 Å². The smallest absolute Gasteiger partial charge is 0.314 e. The van der Waals surface area contributed by atoms with Crippen molar-refractivity contribution in [2.45, 2.75) is 51.0 Å². The van der Waals surface area contributed by atoms with Crippen molar-refractivity contribution in [2.24, 2.45) is 11.7 Å². The molecule has 0 radical (unpaired) electrons. The van der Waals surface area contributed by atoms with E-state index in [4.69, 9.17) is 10.5 Å². The highest BCUT2D eigenvalue weighted by Crippen LogP contribution is 2.28. The van der Waals surface area contributed by atoms with Crippen molar-refractivity contribution in [3.8, 4) is 5.75 Å². The van der Waals surface area contributed by atoms with Gasteiger partial charge >= 0.3 is 5.97 Å². The van der Waals surface area contributed by atoms with Gasteiger partial charge in [0, 0.05) is 6.04 Å². The van der Waals surface area contributed by atoms with Gasteiger partial charge in [0.1, 0.15) is 5.75 Å². The SMILES string of the molecule is NC1CCC(C(=O)Oc2ccc3c(c2)CCC3)CC1. The number of nitrogens with two attached hydrogens (primary N) is 1. The summed E-state index contributed by atoms with van der Waals surface area (Å²) in [4.78, 5) is 12.1. The summed E-state index contributed by atoms with van der Waals surface area (Å²) in [5, 5.41) is 0. The zero-order chi connectivity index (χ0) is 13.2. The van der Waals surface area contributed by atoms with E-state index < -0.39 is 0 Å². The van der Waals surface area contributed by atoms with Crippen LogP contribution in [-0.4, -0.2) is 12.0 Å². The molecule has 3 rings (SSSR count). The summed E-state index contributed by atoms with van der Waals surface area (Å²) in [6.07, 6.45) is 7.08. The molecule has 0 amide bonds. The van der Waals surface area contributed by atoms with Crippen LogP contribution >= 0.6 is 0 Å². The molecule has 0 atom stereocenters. The summed E-state index contributed by atoms with van der Waals surface area (Å²) >= 11 is 0. The summed E-state index contributed by atoms with van der Waals surface area (Å²) < 4.78 is 5.53. The molecule has 0 heterocycles. The Bertz CT molecular complexity index is 476. The lowest BCUT2D eigenvalue weighted by Gasteiger charge is -2.24. The van der Waals surface area contributed by atoms with E-state index in [1.54, 1.807) is 0 Å². The van der Waals surface area contributed by atoms with E-state index in [0.29, 0.717) is 5.75 Å². The quantitative estimate of drug-likeness (QED) is 0.656. The highest BCUT2D eigenvalue weighted by molar-refractivity contribution is 5.75. The third-order valence-electron chi connectivity index (χ3n) is 4.39. The van der Waals surface area contributed by atoms with Crippen LogP contribution in [0.5, 0.6) is 5.75 Å². The number of ether oxygens (including phenoxy) is 1. The molecule has 19 heavy (non-hydrogen) atoms. The number of hydrogen-bond acceptors (Lipinski definition) is 3. The molecule has 102 valence electrons. The fourth-order valence-corrected chi connectivity index (χ4v) is 3.17. The van der Waals surface area contributed by atoms with Gasteiger partial charge in [0.15, 0.2) is 0 Å². The van der Waals surface area contributed by atoms with Gasteiger partial charge in [-0.05, 0) is 68.2 Å². The molecule has 0 bridgehead atoms. The fraction of sp³-hybridized carbons (Fsp3) is 0.562. The number of rotatable bonds is 2. The number of benzene rings is 1. The highest BCUT2D eigenvalue weighted by Gasteiger charge is 2.26. The molecule has 0 unspecified atom stereocenters. The zero-order valence-corrected chi connectivity index (χ0v) is 11.2. The molecule has 1 aromatic carbocycles. The van der Waals surface area contributed by atoms with Gasteiger partial charge in [0.25, 0.3) is 0 Å². The van der Waals surface area contributed by atoms with Gasteiger partial charge in [-0.2, -0.15) is 0 Å². The maximum Gasteiger partial charge on any atom is 0.314 e. The summed E-state index contributed by atoms with van der Waals surface area (Å²) in [6.45, 7) is 0. The number of carbonyl (C=O) groups is 1. The van der Waals surface area contributed by atoms with Gasteiger partial charge < -0.3 is 10.5 Å². The van der Waals surface area contributed by atoms with Gasteiger partial charge in [-0.1, -0.05) is 6.07 Å². The molecule has 2 N–H and O–H groups in total. The highest BCUT2D eigenvalue weighted by atomic mass is 16.5. The van der Waals surface area contributed by atoms with Gasteiger partial charge in [0.2, 0.25) is 0 Å². The Labute approximate surface area is 114 Å². The summed E-state index contributed by atoms with van der Waals surface area (Å²) in [6, 6.07) is 6.33. The number of aryl methyl sites for hydroxylation is 2. The summed E-state index contributed by atoms with van der Waals surface area (Å²) in [5.41, 5.74) is 8.61. The maximum absolute atomic E-state index is 12.1. The van der Waals surface area contributed by atoms with Crippen LogP contribution in [0.3, 0.4) is 0 Å². The molecule has 2 aliphatic rings. The van der Waals surface area contributed by atoms with E-state index in [9.17, 15) is 4.79 Å². The first-order valence-electron chi connectivity index (χ1n) is 7.31. The average Bonchev–Trinajstić information content (AvgIpc) is 2.87. The van der Waals surface area contributed by atoms with Crippen LogP contribution in [-0.2, 0) is 17.6 Å². The Hall–Kier alpha value is -1.35. The Morgan fingerprint density at radius 1 is 1.11 bits per heavy atom. The van der Waals surface area contributed by atoms with Crippen LogP contribution in [0.2, 0.25) is 0 Å². The first-order chi connectivity index (χ1) is 9.22. The van der Waals surface area contributed by atoms with E-state index in [1.807, 2.05) is 12.1 Å². The van der Waals surface area contributed by atoms with Crippen molar-refractivity contribution in [2.75, 3.05) is 0 Å². The lowest BCUT2D eigenvalue weighted by atomic mass is 9.86. The third-order valence-corrected chi connectivity index (χ3v) is 4.39.